The smallest absolute Gasteiger partial charge is 0.333 e. The zero-order valence-electron chi connectivity index (χ0n) is 14.4. The fourth-order valence-corrected chi connectivity index (χ4v) is 1.93. The predicted octanol–water partition coefficient (Wildman–Crippen LogP) is 3.24. The Morgan fingerprint density at radius 3 is 2.17 bits per heavy atom. The normalized spacial score (nSPS) is 10.9. The largest absolute Gasteiger partial charge is 0.481 e. The van der Waals surface area contributed by atoms with Crippen molar-refractivity contribution in [1.82, 2.24) is 0 Å². The minimum absolute atomic E-state index is 0.258. The van der Waals surface area contributed by atoms with Crippen molar-refractivity contribution in [3.05, 3.63) is 12.2 Å². The van der Waals surface area contributed by atoms with Gasteiger partial charge in [0, 0.05) is 5.57 Å². The highest BCUT2D eigenvalue weighted by molar-refractivity contribution is 5.90. The molecule has 1 N–H and O–H groups in total. The van der Waals surface area contributed by atoms with E-state index in [0.29, 0.717) is 5.57 Å². The van der Waals surface area contributed by atoms with Gasteiger partial charge in [-0.3, -0.25) is 9.59 Å². The van der Waals surface area contributed by atoms with Crippen LogP contribution >= 0.6 is 0 Å². The second kappa shape index (κ2) is 10.8. The Kier molecular flexibility index (Phi) is 9.94. The van der Waals surface area contributed by atoms with Gasteiger partial charge in [0.1, 0.15) is 12.0 Å². The zero-order chi connectivity index (χ0) is 17.9. The molecule has 0 amide bonds. The predicted molar refractivity (Wildman–Crippen MR) is 85.9 cm³/mol. The maximum absolute atomic E-state index is 11.5. The van der Waals surface area contributed by atoms with Crippen LogP contribution in [0.4, 0.5) is 0 Å². The highest BCUT2D eigenvalue weighted by Crippen LogP contribution is 2.20. The summed E-state index contributed by atoms with van der Waals surface area (Å²) in [6, 6.07) is 0. The van der Waals surface area contributed by atoms with Gasteiger partial charge in [-0.2, -0.15) is 0 Å². The molecule has 0 aliphatic heterocycles. The molecule has 0 fully saturated rings. The summed E-state index contributed by atoms with van der Waals surface area (Å²) in [6.07, 6.45) is 4.75. The Morgan fingerprint density at radius 2 is 1.61 bits per heavy atom. The topological polar surface area (TPSA) is 89.9 Å². The summed E-state index contributed by atoms with van der Waals surface area (Å²) in [5, 5.41) is 8.40. The highest BCUT2D eigenvalue weighted by Gasteiger charge is 2.22. The number of esters is 2. The van der Waals surface area contributed by atoms with Crippen LogP contribution in [0.1, 0.15) is 65.7 Å². The van der Waals surface area contributed by atoms with E-state index < -0.39 is 24.0 Å². The molecule has 0 unspecified atom stereocenters. The minimum Gasteiger partial charge on any atom is -0.481 e. The number of ether oxygens (including phenoxy) is 2. The Hall–Kier alpha value is -1.85. The zero-order valence-corrected chi connectivity index (χ0v) is 14.4. The summed E-state index contributed by atoms with van der Waals surface area (Å²) in [6.45, 7) is 9.22. The van der Waals surface area contributed by atoms with Crippen LogP contribution < -0.4 is 0 Å². The number of carbonyl (C=O) groups excluding carboxylic acids is 2. The minimum atomic E-state index is -1.18. The molecule has 0 radical (unpaired) electrons. The lowest BCUT2D eigenvalue weighted by Gasteiger charge is -2.25. The molecule has 0 aromatic heterocycles. The first-order valence-electron chi connectivity index (χ1n) is 7.90. The molecule has 6 nitrogen and oxygen atoms in total. The summed E-state index contributed by atoms with van der Waals surface area (Å²) in [5.41, 5.74) is -0.0990. The summed E-state index contributed by atoms with van der Waals surface area (Å²) >= 11 is 0. The van der Waals surface area contributed by atoms with E-state index in [1.54, 1.807) is 6.92 Å². The van der Waals surface area contributed by atoms with E-state index in [-0.39, 0.29) is 12.6 Å². The first-order valence-corrected chi connectivity index (χ1v) is 7.90. The first kappa shape index (κ1) is 21.1. The van der Waals surface area contributed by atoms with Crippen molar-refractivity contribution in [1.29, 1.82) is 0 Å². The van der Waals surface area contributed by atoms with Crippen molar-refractivity contribution in [3.8, 4) is 0 Å². The standard InChI is InChI=1S/C17H28O6/c1-13(2)16(21)23-17(3,4)10-8-6-5-7-9-11-22-15(20)12-14(18)19/h1,5-12H2,2-4H3,(H,18,19). The Bertz CT molecular complexity index is 425. The van der Waals surface area contributed by atoms with E-state index in [2.05, 4.69) is 6.58 Å². The van der Waals surface area contributed by atoms with Crippen molar-refractivity contribution < 1.29 is 29.0 Å². The van der Waals surface area contributed by atoms with Gasteiger partial charge in [-0.15, -0.1) is 0 Å². The van der Waals surface area contributed by atoms with Crippen molar-refractivity contribution in [2.45, 2.75) is 71.3 Å². The van der Waals surface area contributed by atoms with Crippen LogP contribution in [-0.2, 0) is 23.9 Å². The van der Waals surface area contributed by atoms with E-state index in [1.807, 2.05) is 13.8 Å². The monoisotopic (exact) mass is 328 g/mol. The van der Waals surface area contributed by atoms with Gasteiger partial charge in [-0.1, -0.05) is 25.8 Å². The molecular weight excluding hydrogens is 300 g/mol. The Labute approximate surface area is 137 Å². The third-order valence-corrected chi connectivity index (χ3v) is 3.20. The second-order valence-corrected chi connectivity index (χ2v) is 6.24. The van der Waals surface area contributed by atoms with Crippen LogP contribution in [0, 0.1) is 0 Å². The maximum Gasteiger partial charge on any atom is 0.333 e. The molecule has 0 aromatic rings. The Balaban J connectivity index is 3.62. The molecule has 0 atom stereocenters. The van der Waals surface area contributed by atoms with Crippen molar-refractivity contribution in [2.24, 2.45) is 0 Å². The number of rotatable bonds is 12. The number of carboxylic acids is 1. The van der Waals surface area contributed by atoms with Crippen molar-refractivity contribution >= 4 is 17.9 Å². The number of aliphatic carboxylic acids is 1. The molecule has 23 heavy (non-hydrogen) atoms. The second-order valence-electron chi connectivity index (χ2n) is 6.24. The fourth-order valence-electron chi connectivity index (χ4n) is 1.93. The van der Waals surface area contributed by atoms with Crippen LogP contribution in [0.25, 0.3) is 0 Å². The molecule has 6 heteroatoms. The number of carboxylic acid groups (broad SMARTS) is 1. The van der Waals surface area contributed by atoms with Crippen molar-refractivity contribution in [3.63, 3.8) is 0 Å². The van der Waals surface area contributed by atoms with Gasteiger partial charge in [-0.25, -0.2) is 4.79 Å². The van der Waals surface area contributed by atoms with E-state index in [0.717, 1.165) is 38.5 Å². The van der Waals surface area contributed by atoms with Gasteiger partial charge < -0.3 is 14.6 Å². The first-order chi connectivity index (χ1) is 10.6. The molecule has 0 bridgehead atoms. The molecular formula is C17H28O6. The number of hydrogen-bond donors (Lipinski definition) is 1. The molecule has 132 valence electrons. The van der Waals surface area contributed by atoms with Gasteiger partial charge in [-0.05, 0) is 40.0 Å². The molecule has 0 spiro atoms. The lowest BCUT2D eigenvalue weighted by molar-refractivity contribution is -0.153. The molecule has 0 heterocycles. The summed E-state index contributed by atoms with van der Waals surface area (Å²) in [7, 11) is 0. The number of hydrogen-bond acceptors (Lipinski definition) is 5. The van der Waals surface area contributed by atoms with Gasteiger partial charge in [0.2, 0.25) is 0 Å². The average Bonchev–Trinajstić information content (AvgIpc) is 2.40. The summed E-state index contributed by atoms with van der Waals surface area (Å²) in [4.78, 5) is 32.7. The van der Waals surface area contributed by atoms with E-state index in [4.69, 9.17) is 14.6 Å². The van der Waals surface area contributed by atoms with Crippen LogP contribution in [0.5, 0.6) is 0 Å². The van der Waals surface area contributed by atoms with Crippen LogP contribution in [0.3, 0.4) is 0 Å². The molecule has 0 aliphatic carbocycles. The molecule has 0 saturated carbocycles. The third kappa shape index (κ3) is 12.4. The maximum atomic E-state index is 11.5. The third-order valence-electron chi connectivity index (χ3n) is 3.20. The van der Waals surface area contributed by atoms with Crippen LogP contribution in [0.2, 0.25) is 0 Å². The van der Waals surface area contributed by atoms with E-state index >= 15 is 0 Å². The average molecular weight is 328 g/mol. The van der Waals surface area contributed by atoms with Gasteiger partial charge in [0.25, 0.3) is 0 Å². The highest BCUT2D eigenvalue weighted by atomic mass is 16.6. The van der Waals surface area contributed by atoms with E-state index in [1.165, 1.54) is 0 Å². The number of unbranched alkanes of at least 4 members (excludes halogenated alkanes) is 4. The molecule has 0 rings (SSSR count). The fraction of sp³-hybridized carbons (Fsp3) is 0.706. The lowest BCUT2D eigenvalue weighted by atomic mass is 9.99. The van der Waals surface area contributed by atoms with Crippen molar-refractivity contribution in [2.75, 3.05) is 6.61 Å². The summed E-state index contributed by atoms with van der Waals surface area (Å²) < 4.78 is 10.2. The number of carbonyl (C=O) groups is 3. The van der Waals surface area contributed by atoms with Gasteiger partial charge >= 0.3 is 17.9 Å². The quantitative estimate of drug-likeness (QED) is 0.256. The van der Waals surface area contributed by atoms with E-state index in [9.17, 15) is 14.4 Å². The lowest BCUT2D eigenvalue weighted by Crippen LogP contribution is -2.28. The molecule has 0 aromatic carbocycles. The van der Waals surface area contributed by atoms with Crippen LogP contribution in [0.15, 0.2) is 12.2 Å². The van der Waals surface area contributed by atoms with Crippen LogP contribution in [-0.4, -0.2) is 35.2 Å². The molecule has 0 saturated heterocycles. The van der Waals surface area contributed by atoms with Gasteiger partial charge in [0.05, 0.1) is 6.61 Å². The summed E-state index contributed by atoms with van der Waals surface area (Å²) in [5.74, 6) is -2.23. The SMILES string of the molecule is C=C(C)C(=O)OC(C)(C)CCCCCCCOC(=O)CC(=O)O. The van der Waals surface area contributed by atoms with Gasteiger partial charge in [0.15, 0.2) is 0 Å². The molecule has 0 aliphatic rings. The Morgan fingerprint density at radius 1 is 1.04 bits per heavy atom.